The quantitative estimate of drug-likeness (QED) is 0.406. The monoisotopic (exact) mass is 366 g/mol. The summed E-state index contributed by atoms with van der Waals surface area (Å²) in [6, 6.07) is 32.9. The van der Waals surface area contributed by atoms with Crippen LogP contribution in [0.4, 0.5) is 0 Å². The van der Waals surface area contributed by atoms with Crippen LogP contribution in [-0.4, -0.2) is 28.7 Å². The fourth-order valence-corrected chi connectivity index (χ4v) is 4.14. The molecule has 0 aromatic heterocycles. The number of rotatable bonds is 6. The van der Waals surface area contributed by atoms with Gasteiger partial charge in [-0.2, -0.15) is 5.26 Å². The Labute approximate surface area is 165 Å². The molecular weight excluding hydrogens is 344 g/mol. The van der Waals surface area contributed by atoms with Crippen molar-refractivity contribution < 1.29 is 5.11 Å². The summed E-state index contributed by atoms with van der Waals surface area (Å²) >= 11 is 0. The van der Waals surface area contributed by atoms with Crippen LogP contribution < -0.4 is 0 Å². The maximum Gasteiger partial charge on any atom is 0.105 e. The minimum Gasteiger partial charge on any atom is -0.386 e. The average Bonchev–Trinajstić information content (AvgIpc) is 3.56. The average molecular weight is 366 g/mol. The smallest absolute Gasteiger partial charge is 0.105 e. The molecule has 0 amide bonds. The molecule has 0 bridgehead atoms. The molecule has 3 aromatic rings. The first-order valence-corrected chi connectivity index (χ1v) is 9.40. The molecule has 3 atom stereocenters. The molecule has 3 heteroatoms. The Morgan fingerprint density at radius 1 is 0.893 bits per heavy atom. The van der Waals surface area contributed by atoms with Gasteiger partial charge in [0, 0.05) is 6.54 Å². The summed E-state index contributed by atoms with van der Waals surface area (Å²) in [6.45, 7) is 4.41. The van der Waals surface area contributed by atoms with Crippen LogP contribution in [0.3, 0.4) is 0 Å². The molecule has 1 fully saturated rings. The third-order valence-corrected chi connectivity index (χ3v) is 5.52. The molecule has 3 aromatic carbocycles. The molecule has 1 aliphatic heterocycles. The highest BCUT2D eigenvalue weighted by Crippen LogP contribution is 2.49. The first-order chi connectivity index (χ1) is 13.7. The lowest BCUT2D eigenvalue weighted by Gasteiger charge is -2.38. The van der Waals surface area contributed by atoms with Crippen molar-refractivity contribution in [3.05, 3.63) is 120 Å². The molecule has 1 unspecified atom stereocenters. The van der Waals surface area contributed by atoms with Gasteiger partial charge in [-0.25, -0.2) is 0 Å². The second-order valence-electron chi connectivity index (χ2n) is 7.11. The lowest BCUT2D eigenvalue weighted by molar-refractivity contribution is 0.174. The van der Waals surface area contributed by atoms with E-state index in [-0.39, 0.29) is 11.6 Å². The van der Waals surface area contributed by atoms with E-state index in [2.05, 4.69) is 47.9 Å². The number of hydrogen-bond donors (Lipinski definition) is 1. The molecule has 3 nitrogen and oxygen atoms in total. The van der Waals surface area contributed by atoms with Crippen molar-refractivity contribution in [1.29, 1.82) is 5.26 Å². The van der Waals surface area contributed by atoms with E-state index in [1.807, 2.05) is 60.7 Å². The first kappa shape index (κ1) is 18.2. The number of aliphatic hydroxyl groups excluding tert-OH is 1. The summed E-state index contributed by atoms with van der Waals surface area (Å²) in [6.07, 6.45) is -0.875. The molecule has 4 rings (SSSR count). The number of nitrogens with zero attached hydrogens (tertiary/aromatic N) is 2. The zero-order valence-corrected chi connectivity index (χ0v) is 15.6. The van der Waals surface area contributed by atoms with Gasteiger partial charge < -0.3 is 5.11 Å². The van der Waals surface area contributed by atoms with E-state index in [0.717, 1.165) is 16.7 Å². The molecule has 0 aliphatic carbocycles. The Morgan fingerprint density at radius 3 is 1.64 bits per heavy atom. The van der Waals surface area contributed by atoms with Gasteiger partial charge in [-0.3, -0.25) is 4.90 Å². The highest BCUT2D eigenvalue weighted by atomic mass is 16.3. The molecule has 0 spiro atoms. The van der Waals surface area contributed by atoms with Crippen LogP contribution in [0, 0.1) is 11.3 Å². The number of aliphatic hydroxyl groups is 1. The molecule has 138 valence electrons. The minimum atomic E-state index is -0.875. The standard InChI is InChI=1S/C25H22N2O/c1-19(17-26)24(28)23-18-27(23)25(20-11-5-2-6-12-20,21-13-7-3-8-14-21)22-15-9-4-10-16-22/h2-16,23-24,28H,1,18H2/t23-,24-,27?/m0/s1. The van der Waals surface area contributed by atoms with Gasteiger partial charge >= 0.3 is 0 Å². The van der Waals surface area contributed by atoms with Crippen molar-refractivity contribution in [1.82, 2.24) is 4.90 Å². The van der Waals surface area contributed by atoms with Crippen LogP contribution in [0.25, 0.3) is 0 Å². The van der Waals surface area contributed by atoms with Gasteiger partial charge in [0.2, 0.25) is 0 Å². The van der Waals surface area contributed by atoms with Gasteiger partial charge in [0.25, 0.3) is 0 Å². The summed E-state index contributed by atoms with van der Waals surface area (Å²) in [5.74, 6) is 0. The Balaban J connectivity index is 1.93. The zero-order valence-electron chi connectivity index (χ0n) is 15.6. The lowest BCUT2D eigenvalue weighted by Crippen LogP contribution is -2.40. The van der Waals surface area contributed by atoms with Crippen LogP contribution >= 0.6 is 0 Å². The van der Waals surface area contributed by atoms with Gasteiger partial charge in [-0.05, 0) is 16.7 Å². The van der Waals surface area contributed by atoms with Gasteiger partial charge in [0.05, 0.1) is 23.2 Å². The molecule has 0 saturated carbocycles. The highest BCUT2D eigenvalue weighted by molar-refractivity contribution is 5.51. The fraction of sp³-hybridized carbons (Fsp3) is 0.160. The Bertz CT molecular complexity index is 896. The van der Waals surface area contributed by atoms with Crippen LogP contribution in [-0.2, 0) is 5.54 Å². The molecule has 1 heterocycles. The van der Waals surface area contributed by atoms with E-state index in [9.17, 15) is 10.4 Å². The Hall–Kier alpha value is -3.19. The molecule has 1 saturated heterocycles. The predicted molar refractivity (Wildman–Crippen MR) is 110 cm³/mol. The van der Waals surface area contributed by atoms with Crippen molar-refractivity contribution in [2.75, 3.05) is 6.54 Å². The van der Waals surface area contributed by atoms with E-state index in [1.165, 1.54) is 0 Å². The van der Waals surface area contributed by atoms with Crippen LogP contribution in [0.5, 0.6) is 0 Å². The Kier molecular flexibility index (Phi) is 4.83. The van der Waals surface area contributed by atoms with Gasteiger partial charge in [0.15, 0.2) is 0 Å². The lowest BCUT2D eigenvalue weighted by atomic mass is 9.76. The van der Waals surface area contributed by atoms with Crippen LogP contribution in [0.1, 0.15) is 16.7 Å². The maximum atomic E-state index is 10.7. The maximum absolute atomic E-state index is 10.7. The van der Waals surface area contributed by atoms with Gasteiger partial charge in [-0.1, -0.05) is 97.6 Å². The first-order valence-electron chi connectivity index (χ1n) is 9.40. The van der Waals surface area contributed by atoms with Crippen molar-refractivity contribution in [3.8, 4) is 6.07 Å². The van der Waals surface area contributed by atoms with E-state index in [4.69, 9.17) is 0 Å². The second-order valence-corrected chi connectivity index (χ2v) is 7.11. The highest BCUT2D eigenvalue weighted by Gasteiger charge is 2.55. The topological polar surface area (TPSA) is 47.0 Å². The second kappa shape index (κ2) is 7.44. The minimum absolute atomic E-state index is 0.159. The van der Waals surface area contributed by atoms with Gasteiger partial charge in [-0.15, -0.1) is 0 Å². The third-order valence-electron chi connectivity index (χ3n) is 5.52. The molecular formula is C25H22N2O. The summed E-state index contributed by atoms with van der Waals surface area (Å²) in [5.41, 5.74) is 3.04. The Morgan fingerprint density at radius 2 is 1.29 bits per heavy atom. The summed E-state index contributed by atoms with van der Waals surface area (Å²) in [7, 11) is 0. The van der Waals surface area contributed by atoms with Crippen LogP contribution in [0.2, 0.25) is 0 Å². The largest absolute Gasteiger partial charge is 0.386 e. The summed E-state index contributed by atoms with van der Waals surface area (Å²) in [4.78, 5) is 2.26. The van der Waals surface area contributed by atoms with E-state index in [0.29, 0.717) is 6.54 Å². The van der Waals surface area contributed by atoms with Crippen LogP contribution in [0.15, 0.2) is 103 Å². The normalized spacial score (nSPS) is 19.4. The number of hydrogen-bond acceptors (Lipinski definition) is 3. The molecule has 1 N–H and O–H groups in total. The van der Waals surface area contributed by atoms with Crippen molar-refractivity contribution in [2.24, 2.45) is 0 Å². The molecule has 1 aliphatic rings. The van der Waals surface area contributed by atoms with E-state index >= 15 is 0 Å². The summed E-state index contributed by atoms with van der Waals surface area (Å²) in [5, 5.41) is 19.9. The number of benzene rings is 3. The zero-order chi connectivity index (χ0) is 19.6. The third kappa shape index (κ3) is 2.93. The van der Waals surface area contributed by atoms with E-state index < -0.39 is 11.6 Å². The molecule has 28 heavy (non-hydrogen) atoms. The van der Waals surface area contributed by atoms with Crippen molar-refractivity contribution >= 4 is 0 Å². The predicted octanol–water partition coefficient (Wildman–Crippen LogP) is 4.10. The summed E-state index contributed by atoms with van der Waals surface area (Å²) < 4.78 is 0. The van der Waals surface area contributed by atoms with Crippen molar-refractivity contribution in [3.63, 3.8) is 0 Å². The fourth-order valence-electron chi connectivity index (χ4n) is 4.14. The van der Waals surface area contributed by atoms with Crippen molar-refractivity contribution in [2.45, 2.75) is 17.7 Å². The molecule has 0 radical (unpaired) electrons. The van der Waals surface area contributed by atoms with Gasteiger partial charge in [0.1, 0.15) is 6.10 Å². The number of nitriles is 1. The van der Waals surface area contributed by atoms with E-state index in [1.54, 1.807) is 0 Å². The SMILES string of the molecule is C=C(C#N)[C@H](O)[C@@H]1CN1C(c1ccccc1)(c1ccccc1)c1ccccc1.